The maximum absolute atomic E-state index is 12.1. The molecule has 0 bridgehead atoms. The maximum Gasteiger partial charge on any atom is 0.327 e. The van der Waals surface area contributed by atoms with E-state index in [4.69, 9.17) is 4.74 Å². The number of methoxy groups -OCH3 is 1. The Hall–Kier alpha value is -0.650. The molecule has 5 nitrogen and oxygen atoms in total. The molecule has 5 heteroatoms. The van der Waals surface area contributed by atoms with Gasteiger partial charge in [-0.3, -0.25) is 14.6 Å². The van der Waals surface area contributed by atoms with Gasteiger partial charge in [-0.2, -0.15) is 0 Å². The van der Waals surface area contributed by atoms with E-state index in [1.807, 2.05) is 6.92 Å². The fourth-order valence-electron chi connectivity index (χ4n) is 3.47. The van der Waals surface area contributed by atoms with Crippen LogP contribution in [-0.4, -0.2) is 73.7 Å². The number of nitrogens with zero attached hydrogens (tertiary/aromatic N) is 2. The monoisotopic (exact) mass is 283 g/mol. The van der Waals surface area contributed by atoms with Crippen molar-refractivity contribution >= 4 is 5.97 Å². The molecular weight excluding hydrogens is 254 g/mol. The van der Waals surface area contributed by atoms with Crippen LogP contribution in [0.5, 0.6) is 0 Å². The SMILES string of the molecule is CCCNC(C)(CN1CCN2CCCC2C1)C(=O)OC. The molecule has 2 atom stereocenters. The van der Waals surface area contributed by atoms with Gasteiger partial charge in [0.2, 0.25) is 0 Å². The molecule has 20 heavy (non-hydrogen) atoms. The number of ether oxygens (including phenoxy) is 1. The van der Waals surface area contributed by atoms with Crippen molar-refractivity contribution in [2.45, 2.75) is 44.7 Å². The van der Waals surface area contributed by atoms with Crippen LogP contribution in [0.3, 0.4) is 0 Å². The molecule has 2 fully saturated rings. The Morgan fingerprint density at radius 1 is 1.40 bits per heavy atom. The quantitative estimate of drug-likeness (QED) is 0.727. The minimum absolute atomic E-state index is 0.153. The Labute approximate surface area is 122 Å². The van der Waals surface area contributed by atoms with E-state index >= 15 is 0 Å². The zero-order valence-corrected chi connectivity index (χ0v) is 13.2. The van der Waals surface area contributed by atoms with Gasteiger partial charge in [-0.05, 0) is 39.3 Å². The van der Waals surface area contributed by atoms with E-state index in [-0.39, 0.29) is 5.97 Å². The third-order valence-electron chi connectivity index (χ3n) is 4.61. The van der Waals surface area contributed by atoms with E-state index in [9.17, 15) is 4.79 Å². The average molecular weight is 283 g/mol. The molecule has 2 aliphatic rings. The van der Waals surface area contributed by atoms with Crippen molar-refractivity contribution in [3.05, 3.63) is 0 Å². The molecule has 2 aliphatic heterocycles. The number of carbonyl (C=O) groups is 1. The lowest BCUT2D eigenvalue weighted by Crippen LogP contribution is -2.61. The first-order valence-corrected chi connectivity index (χ1v) is 7.89. The molecule has 2 rings (SSSR count). The second kappa shape index (κ2) is 6.87. The van der Waals surface area contributed by atoms with Crippen LogP contribution in [0.4, 0.5) is 0 Å². The summed E-state index contributed by atoms with van der Waals surface area (Å²) in [5.41, 5.74) is -0.592. The smallest absolute Gasteiger partial charge is 0.327 e. The summed E-state index contributed by atoms with van der Waals surface area (Å²) in [6.45, 7) is 10.2. The molecule has 0 radical (unpaired) electrons. The first-order chi connectivity index (χ1) is 9.59. The summed E-state index contributed by atoms with van der Waals surface area (Å²) in [7, 11) is 1.48. The highest BCUT2D eigenvalue weighted by Crippen LogP contribution is 2.22. The summed E-state index contributed by atoms with van der Waals surface area (Å²) in [5.74, 6) is -0.153. The van der Waals surface area contributed by atoms with Crippen LogP contribution in [-0.2, 0) is 9.53 Å². The predicted molar refractivity (Wildman–Crippen MR) is 79.7 cm³/mol. The minimum Gasteiger partial charge on any atom is -0.468 e. The van der Waals surface area contributed by atoms with Crippen LogP contribution in [0.2, 0.25) is 0 Å². The number of fused-ring (bicyclic) bond motifs is 1. The van der Waals surface area contributed by atoms with Gasteiger partial charge in [0.1, 0.15) is 5.54 Å². The lowest BCUT2D eigenvalue weighted by Gasteiger charge is -2.41. The first-order valence-electron chi connectivity index (χ1n) is 7.89. The molecule has 0 aromatic rings. The molecule has 0 aliphatic carbocycles. The highest BCUT2D eigenvalue weighted by atomic mass is 16.5. The van der Waals surface area contributed by atoms with Crippen molar-refractivity contribution < 1.29 is 9.53 Å². The fourth-order valence-corrected chi connectivity index (χ4v) is 3.47. The number of nitrogens with one attached hydrogen (secondary N) is 1. The third-order valence-corrected chi connectivity index (χ3v) is 4.61. The Morgan fingerprint density at radius 3 is 2.90 bits per heavy atom. The van der Waals surface area contributed by atoms with E-state index in [1.165, 1.54) is 26.5 Å². The van der Waals surface area contributed by atoms with Gasteiger partial charge in [-0.15, -0.1) is 0 Å². The number of carbonyl (C=O) groups excluding carboxylic acids is 1. The second-order valence-electron chi connectivity index (χ2n) is 6.32. The number of rotatable bonds is 6. The molecule has 0 saturated carbocycles. The van der Waals surface area contributed by atoms with Crippen molar-refractivity contribution in [3.63, 3.8) is 0 Å². The summed E-state index contributed by atoms with van der Waals surface area (Å²) in [4.78, 5) is 17.1. The van der Waals surface area contributed by atoms with Gasteiger partial charge in [0.05, 0.1) is 7.11 Å². The molecule has 1 N–H and O–H groups in total. The van der Waals surface area contributed by atoms with E-state index in [1.54, 1.807) is 0 Å². The van der Waals surface area contributed by atoms with Crippen molar-refractivity contribution in [2.75, 3.05) is 46.4 Å². The van der Waals surface area contributed by atoms with Crippen molar-refractivity contribution in [2.24, 2.45) is 0 Å². The largest absolute Gasteiger partial charge is 0.468 e. The summed E-state index contributed by atoms with van der Waals surface area (Å²) in [6, 6.07) is 0.692. The summed E-state index contributed by atoms with van der Waals surface area (Å²) >= 11 is 0. The Morgan fingerprint density at radius 2 is 2.20 bits per heavy atom. The highest BCUT2D eigenvalue weighted by molar-refractivity contribution is 5.80. The Bertz CT molecular complexity index is 337. The Kier molecular flexibility index (Phi) is 5.41. The van der Waals surface area contributed by atoms with Crippen LogP contribution >= 0.6 is 0 Å². The summed E-state index contributed by atoms with van der Waals surface area (Å²) in [6.07, 6.45) is 3.64. The van der Waals surface area contributed by atoms with Gasteiger partial charge >= 0.3 is 5.97 Å². The molecule has 2 saturated heterocycles. The third kappa shape index (κ3) is 3.51. The van der Waals surface area contributed by atoms with Crippen LogP contribution in [0, 0.1) is 0 Å². The molecule has 116 valence electrons. The number of piperazine rings is 1. The van der Waals surface area contributed by atoms with E-state index in [0.717, 1.165) is 39.1 Å². The van der Waals surface area contributed by atoms with Crippen LogP contribution in [0.1, 0.15) is 33.1 Å². The van der Waals surface area contributed by atoms with Crippen molar-refractivity contribution in [1.29, 1.82) is 0 Å². The van der Waals surface area contributed by atoms with Crippen LogP contribution < -0.4 is 5.32 Å². The van der Waals surface area contributed by atoms with E-state index in [0.29, 0.717) is 6.04 Å². The number of hydrogen-bond acceptors (Lipinski definition) is 5. The molecule has 2 unspecified atom stereocenters. The molecule has 0 amide bonds. The van der Waals surface area contributed by atoms with Gasteiger partial charge in [-0.1, -0.05) is 6.92 Å². The summed E-state index contributed by atoms with van der Waals surface area (Å²) < 4.78 is 5.00. The van der Waals surface area contributed by atoms with Gasteiger partial charge < -0.3 is 10.1 Å². The fraction of sp³-hybridized carbons (Fsp3) is 0.933. The first kappa shape index (κ1) is 15.7. The predicted octanol–water partition coefficient (Wildman–Crippen LogP) is 0.698. The maximum atomic E-state index is 12.1. The minimum atomic E-state index is -0.592. The number of esters is 1. The van der Waals surface area contributed by atoms with E-state index in [2.05, 4.69) is 22.0 Å². The van der Waals surface area contributed by atoms with Crippen LogP contribution in [0.15, 0.2) is 0 Å². The van der Waals surface area contributed by atoms with Crippen molar-refractivity contribution in [1.82, 2.24) is 15.1 Å². The van der Waals surface area contributed by atoms with E-state index < -0.39 is 5.54 Å². The Balaban J connectivity index is 1.94. The zero-order chi connectivity index (χ0) is 14.6. The van der Waals surface area contributed by atoms with Crippen LogP contribution in [0.25, 0.3) is 0 Å². The number of hydrogen-bond donors (Lipinski definition) is 1. The topological polar surface area (TPSA) is 44.8 Å². The molecule has 2 heterocycles. The highest BCUT2D eigenvalue weighted by Gasteiger charge is 2.38. The normalized spacial score (nSPS) is 27.1. The average Bonchev–Trinajstić information content (AvgIpc) is 2.91. The molecular formula is C15H29N3O2. The molecule has 0 spiro atoms. The zero-order valence-electron chi connectivity index (χ0n) is 13.2. The lowest BCUT2D eigenvalue weighted by molar-refractivity contribution is -0.149. The van der Waals surface area contributed by atoms with Gasteiger partial charge in [0.15, 0.2) is 0 Å². The van der Waals surface area contributed by atoms with Crippen molar-refractivity contribution in [3.8, 4) is 0 Å². The van der Waals surface area contributed by atoms with Gasteiger partial charge in [0, 0.05) is 32.2 Å². The second-order valence-corrected chi connectivity index (χ2v) is 6.32. The standard InChI is InChI=1S/C15H29N3O2/c1-4-7-16-15(2,14(19)20-3)12-17-9-10-18-8-5-6-13(18)11-17/h13,16H,4-12H2,1-3H3. The van der Waals surface area contributed by atoms with Gasteiger partial charge in [-0.25, -0.2) is 0 Å². The van der Waals surface area contributed by atoms with Gasteiger partial charge in [0.25, 0.3) is 0 Å². The lowest BCUT2D eigenvalue weighted by atomic mass is 10.00. The molecule has 0 aromatic heterocycles. The summed E-state index contributed by atoms with van der Waals surface area (Å²) in [5, 5.41) is 3.37. The molecule has 0 aromatic carbocycles.